The largest absolute Gasteiger partial charge is 0.453 e. The van der Waals surface area contributed by atoms with Gasteiger partial charge in [-0.05, 0) is 25.7 Å². The van der Waals surface area contributed by atoms with Crippen LogP contribution >= 0.6 is 0 Å². The fraction of sp³-hybridized carbons (Fsp3) is 0.867. The van der Waals surface area contributed by atoms with Gasteiger partial charge in [0.25, 0.3) is 0 Å². The Morgan fingerprint density at radius 3 is 2.38 bits per heavy atom. The van der Waals surface area contributed by atoms with Gasteiger partial charge in [-0.15, -0.1) is 0 Å². The van der Waals surface area contributed by atoms with Crippen LogP contribution in [0, 0.1) is 0 Å². The minimum absolute atomic E-state index is 0.0444. The third-order valence-electron chi connectivity index (χ3n) is 4.30. The Balaban J connectivity index is 1.61. The van der Waals surface area contributed by atoms with E-state index in [2.05, 4.69) is 5.32 Å². The number of carbonyl (C=O) groups excluding carboxylic acids is 2. The molecule has 1 heterocycles. The number of piperidine rings is 1. The normalized spacial score (nSPS) is 21.1. The van der Waals surface area contributed by atoms with Crippen LogP contribution in [-0.2, 0) is 14.3 Å². The smallest absolute Gasteiger partial charge is 0.409 e. The molecule has 21 heavy (non-hydrogen) atoms. The quantitative estimate of drug-likeness (QED) is 0.857. The summed E-state index contributed by atoms with van der Waals surface area (Å²) in [5.41, 5.74) is 0. The van der Waals surface area contributed by atoms with E-state index in [-0.39, 0.29) is 30.8 Å². The van der Waals surface area contributed by atoms with Gasteiger partial charge >= 0.3 is 6.09 Å². The topological polar surface area (TPSA) is 67.9 Å². The minimum atomic E-state index is -0.291. The number of nitrogens with zero attached hydrogens (tertiary/aromatic N) is 1. The van der Waals surface area contributed by atoms with E-state index in [1.807, 2.05) is 0 Å². The predicted molar refractivity (Wildman–Crippen MR) is 78.0 cm³/mol. The molecule has 0 unspecified atom stereocenters. The Labute approximate surface area is 126 Å². The molecule has 0 aromatic carbocycles. The molecule has 6 heteroatoms. The van der Waals surface area contributed by atoms with Gasteiger partial charge in [0.1, 0.15) is 6.61 Å². The zero-order chi connectivity index (χ0) is 15.1. The summed E-state index contributed by atoms with van der Waals surface area (Å²) in [4.78, 5) is 24.9. The Morgan fingerprint density at radius 1 is 1.10 bits per heavy atom. The minimum Gasteiger partial charge on any atom is -0.453 e. The molecule has 2 amide bonds. The van der Waals surface area contributed by atoms with Crippen molar-refractivity contribution in [2.75, 3.05) is 26.8 Å². The van der Waals surface area contributed by atoms with Crippen LogP contribution in [0.15, 0.2) is 0 Å². The van der Waals surface area contributed by atoms with Gasteiger partial charge in [-0.25, -0.2) is 4.79 Å². The van der Waals surface area contributed by atoms with Gasteiger partial charge < -0.3 is 19.7 Å². The third kappa shape index (κ3) is 5.19. The Hall–Kier alpha value is -1.30. The number of amides is 2. The highest BCUT2D eigenvalue weighted by atomic mass is 16.5. The highest BCUT2D eigenvalue weighted by Gasteiger charge is 2.24. The van der Waals surface area contributed by atoms with Crippen LogP contribution in [0.1, 0.15) is 44.9 Å². The molecule has 1 N–H and O–H groups in total. The first-order valence-electron chi connectivity index (χ1n) is 7.93. The molecule has 0 aromatic rings. The van der Waals surface area contributed by atoms with E-state index in [0.29, 0.717) is 13.1 Å². The first-order valence-corrected chi connectivity index (χ1v) is 7.93. The summed E-state index contributed by atoms with van der Waals surface area (Å²) in [6.45, 7) is 1.41. The summed E-state index contributed by atoms with van der Waals surface area (Å²) in [6.07, 6.45) is 7.34. The lowest BCUT2D eigenvalue weighted by Crippen LogP contribution is -2.47. The first kappa shape index (κ1) is 16.1. The second-order valence-electron chi connectivity index (χ2n) is 5.87. The van der Waals surface area contributed by atoms with Crippen molar-refractivity contribution in [1.82, 2.24) is 10.2 Å². The zero-order valence-corrected chi connectivity index (χ0v) is 12.8. The number of methoxy groups -OCH3 is 1. The van der Waals surface area contributed by atoms with Crippen LogP contribution < -0.4 is 5.32 Å². The second kappa shape index (κ2) is 8.22. The van der Waals surface area contributed by atoms with Crippen molar-refractivity contribution < 1.29 is 19.1 Å². The van der Waals surface area contributed by atoms with Crippen molar-refractivity contribution in [3.8, 4) is 0 Å². The van der Waals surface area contributed by atoms with Gasteiger partial charge in [0.15, 0.2) is 0 Å². The summed E-state index contributed by atoms with van der Waals surface area (Å²) < 4.78 is 10.4. The van der Waals surface area contributed by atoms with E-state index < -0.39 is 0 Å². The fourth-order valence-electron chi connectivity index (χ4n) is 3.03. The lowest BCUT2D eigenvalue weighted by molar-refractivity contribution is -0.129. The molecular weight excluding hydrogens is 272 g/mol. The van der Waals surface area contributed by atoms with E-state index in [0.717, 1.165) is 25.7 Å². The average Bonchev–Trinajstić information content (AvgIpc) is 2.54. The van der Waals surface area contributed by atoms with Gasteiger partial charge in [-0.2, -0.15) is 0 Å². The van der Waals surface area contributed by atoms with Gasteiger partial charge in [0, 0.05) is 19.1 Å². The maximum atomic E-state index is 11.9. The zero-order valence-electron chi connectivity index (χ0n) is 12.8. The standard InChI is InChI=1S/C15H26N2O4/c1-20-15(19)17-9-7-12(8-10-17)16-14(18)11-21-13-5-3-2-4-6-13/h12-13H,2-11H2,1H3,(H,16,18). The number of ether oxygens (including phenoxy) is 2. The van der Waals surface area contributed by atoms with Crippen molar-refractivity contribution in [3.63, 3.8) is 0 Å². The van der Waals surface area contributed by atoms with Crippen LogP contribution in [0.2, 0.25) is 0 Å². The summed E-state index contributed by atoms with van der Waals surface area (Å²) in [5.74, 6) is -0.0444. The summed E-state index contributed by atoms with van der Waals surface area (Å²) in [7, 11) is 1.39. The molecule has 0 aromatic heterocycles. The monoisotopic (exact) mass is 298 g/mol. The van der Waals surface area contributed by atoms with Crippen LogP contribution in [0.3, 0.4) is 0 Å². The van der Waals surface area contributed by atoms with Gasteiger partial charge in [-0.1, -0.05) is 19.3 Å². The van der Waals surface area contributed by atoms with Crippen molar-refractivity contribution in [3.05, 3.63) is 0 Å². The third-order valence-corrected chi connectivity index (χ3v) is 4.30. The van der Waals surface area contributed by atoms with Crippen molar-refractivity contribution in [1.29, 1.82) is 0 Å². The molecule has 1 aliphatic carbocycles. The molecule has 1 saturated carbocycles. The Bertz CT molecular complexity index is 348. The molecule has 2 aliphatic rings. The summed E-state index contributed by atoms with van der Waals surface area (Å²) in [6, 6.07) is 0.133. The molecule has 0 bridgehead atoms. The summed E-state index contributed by atoms with van der Waals surface area (Å²) in [5, 5.41) is 2.99. The number of carbonyl (C=O) groups is 2. The van der Waals surface area contributed by atoms with Gasteiger partial charge in [0.2, 0.25) is 5.91 Å². The second-order valence-corrected chi connectivity index (χ2v) is 5.87. The molecular formula is C15H26N2O4. The highest BCUT2D eigenvalue weighted by Crippen LogP contribution is 2.20. The van der Waals surface area contributed by atoms with Gasteiger partial charge in [0.05, 0.1) is 13.2 Å². The lowest BCUT2D eigenvalue weighted by Gasteiger charge is -2.31. The van der Waals surface area contributed by atoms with Crippen molar-refractivity contribution >= 4 is 12.0 Å². The molecule has 1 aliphatic heterocycles. The number of hydrogen-bond acceptors (Lipinski definition) is 4. The number of likely N-dealkylation sites (tertiary alicyclic amines) is 1. The van der Waals surface area contributed by atoms with Crippen molar-refractivity contribution in [2.45, 2.75) is 57.1 Å². The van der Waals surface area contributed by atoms with Crippen molar-refractivity contribution in [2.24, 2.45) is 0 Å². The number of hydrogen-bond donors (Lipinski definition) is 1. The Kier molecular flexibility index (Phi) is 6.29. The van der Waals surface area contributed by atoms with Crippen LogP contribution in [0.25, 0.3) is 0 Å². The molecule has 120 valence electrons. The van der Waals surface area contributed by atoms with E-state index in [9.17, 15) is 9.59 Å². The average molecular weight is 298 g/mol. The van der Waals surface area contributed by atoms with E-state index in [1.165, 1.54) is 26.4 Å². The SMILES string of the molecule is COC(=O)N1CCC(NC(=O)COC2CCCCC2)CC1. The van der Waals surface area contributed by atoms with Gasteiger partial charge in [-0.3, -0.25) is 4.79 Å². The van der Waals surface area contributed by atoms with E-state index in [1.54, 1.807) is 4.90 Å². The van der Waals surface area contributed by atoms with Crippen LogP contribution in [0.5, 0.6) is 0 Å². The molecule has 0 spiro atoms. The molecule has 2 rings (SSSR count). The highest BCUT2D eigenvalue weighted by molar-refractivity contribution is 5.77. The first-order chi connectivity index (χ1) is 10.2. The number of nitrogens with one attached hydrogen (secondary N) is 1. The predicted octanol–water partition coefficient (Wildman–Crippen LogP) is 1.68. The van der Waals surface area contributed by atoms with E-state index >= 15 is 0 Å². The number of rotatable bonds is 4. The molecule has 0 atom stereocenters. The van der Waals surface area contributed by atoms with Crippen LogP contribution in [0.4, 0.5) is 4.79 Å². The molecule has 0 radical (unpaired) electrons. The fourth-order valence-corrected chi connectivity index (χ4v) is 3.03. The van der Waals surface area contributed by atoms with E-state index in [4.69, 9.17) is 9.47 Å². The molecule has 1 saturated heterocycles. The maximum Gasteiger partial charge on any atom is 0.409 e. The lowest BCUT2D eigenvalue weighted by atomic mass is 9.98. The molecule has 6 nitrogen and oxygen atoms in total. The van der Waals surface area contributed by atoms with Crippen LogP contribution in [-0.4, -0.2) is 55.9 Å². The summed E-state index contributed by atoms with van der Waals surface area (Å²) >= 11 is 0. The maximum absolute atomic E-state index is 11.9. The molecule has 2 fully saturated rings. The Morgan fingerprint density at radius 2 is 1.76 bits per heavy atom.